The molecule has 2 heterocycles. The number of unbranched alkanes of at least 4 members (excludes halogenated alkanes) is 2. The van der Waals surface area contributed by atoms with Crippen LogP contribution in [0.3, 0.4) is 0 Å². The highest BCUT2D eigenvalue weighted by Gasteiger charge is 2.18. The molecular weight excluding hydrogens is 220 g/mol. The lowest BCUT2D eigenvalue weighted by molar-refractivity contribution is 0.521. The third kappa shape index (κ3) is 1.95. The molecule has 18 heavy (non-hydrogen) atoms. The largest absolute Gasteiger partial charge is 0.342 e. The maximum Gasteiger partial charge on any atom is 0.0486 e. The molecule has 2 nitrogen and oxygen atoms in total. The molecule has 1 N–H and O–H groups in total. The van der Waals surface area contributed by atoms with Gasteiger partial charge >= 0.3 is 0 Å². The summed E-state index contributed by atoms with van der Waals surface area (Å²) in [5, 5.41) is 4.99. The monoisotopic (exact) mass is 242 g/mol. The van der Waals surface area contributed by atoms with Gasteiger partial charge in [-0.05, 0) is 24.5 Å². The number of nitrogens with one attached hydrogen (secondary N) is 1. The van der Waals surface area contributed by atoms with Crippen molar-refractivity contribution in [3.63, 3.8) is 0 Å². The minimum atomic E-state index is 1.04. The van der Waals surface area contributed by atoms with Crippen molar-refractivity contribution in [1.29, 1.82) is 0 Å². The van der Waals surface area contributed by atoms with E-state index in [-0.39, 0.29) is 0 Å². The number of rotatable bonds is 4. The summed E-state index contributed by atoms with van der Waals surface area (Å²) in [7, 11) is 0. The molecule has 1 aliphatic rings. The zero-order valence-electron chi connectivity index (χ0n) is 11.2. The molecule has 1 aromatic carbocycles. The van der Waals surface area contributed by atoms with Gasteiger partial charge in [-0.25, -0.2) is 0 Å². The average Bonchev–Trinajstić information content (AvgIpc) is 2.74. The molecule has 96 valence electrons. The van der Waals surface area contributed by atoms with Crippen molar-refractivity contribution in [3.05, 3.63) is 35.5 Å². The summed E-state index contributed by atoms with van der Waals surface area (Å²) in [6.07, 6.45) is 5.19. The topological polar surface area (TPSA) is 17.0 Å². The Hall–Kier alpha value is -1.28. The maximum atomic E-state index is 3.51. The number of aromatic nitrogens is 1. The summed E-state index contributed by atoms with van der Waals surface area (Å²) in [5.74, 6) is 0. The smallest absolute Gasteiger partial charge is 0.0486 e. The van der Waals surface area contributed by atoms with Crippen molar-refractivity contribution in [2.75, 3.05) is 6.54 Å². The predicted octanol–water partition coefficient (Wildman–Crippen LogP) is 3.48. The van der Waals surface area contributed by atoms with Crippen LogP contribution in [0, 0.1) is 0 Å². The molecule has 0 aliphatic carbocycles. The number of hydrogen-bond acceptors (Lipinski definition) is 1. The van der Waals surface area contributed by atoms with Crippen LogP contribution in [0.4, 0.5) is 0 Å². The van der Waals surface area contributed by atoms with Gasteiger partial charge in [0.2, 0.25) is 0 Å². The summed E-state index contributed by atoms with van der Waals surface area (Å²) in [6, 6.07) is 8.90. The van der Waals surface area contributed by atoms with E-state index in [9.17, 15) is 0 Å². The van der Waals surface area contributed by atoms with Crippen molar-refractivity contribution in [2.45, 2.75) is 45.7 Å². The van der Waals surface area contributed by atoms with Crippen LogP contribution >= 0.6 is 0 Å². The van der Waals surface area contributed by atoms with Crippen molar-refractivity contribution >= 4 is 10.9 Å². The minimum Gasteiger partial charge on any atom is -0.342 e. The van der Waals surface area contributed by atoms with Crippen LogP contribution < -0.4 is 5.32 Å². The van der Waals surface area contributed by atoms with E-state index < -0.39 is 0 Å². The Labute approximate surface area is 109 Å². The number of aryl methyl sites for hydroxylation is 1. The molecule has 1 aliphatic heterocycles. The third-order valence-electron chi connectivity index (χ3n) is 4.03. The van der Waals surface area contributed by atoms with E-state index in [1.165, 1.54) is 42.3 Å². The summed E-state index contributed by atoms with van der Waals surface area (Å²) in [6.45, 7) is 5.52. The van der Waals surface area contributed by atoms with Crippen molar-refractivity contribution in [3.8, 4) is 0 Å². The van der Waals surface area contributed by atoms with Crippen LogP contribution in [0.5, 0.6) is 0 Å². The fourth-order valence-electron chi connectivity index (χ4n) is 3.11. The number of benzene rings is 1. The normalized spacial score (nSPS) is 14.9. The van der Waals surface area contributed by atoms with E-state index in [2.05, 4.69) is 41.1 Å². The van der Waals surface area contributed by atoms with Crippen molar-refractivity contribution < 1.29 is 0 Å². The molecule has 0 spiro atoms. The van der Waals surface area contributed by atoms with E-state index >= 15 is 0 Å². The third-order valence-corrected chi connectivity index (χ3v) is 4.03. The first kappa shape index (κ1) is 11.8. The molecule has 0 amide bonds. The van der Waals surface area contributed by atoms with Crippen LogP contribution in [0.1, 0.15) is 37.4 Å². The first-order valence-corrected chi connectivity index (χ1v) is 7.21. The lowest BCUT2D eigenvalue weighted by atomic mass is 10.0. The Morgan fingerprint density at radius 1 is 1.22 bits per heavy atom. The van der Waals surface area contributed by atoms with Crippen molar-refractivity contribution in [1.82, 2.24) is 9.88 Å². The van der Waals surface area contributed by atoms with Gasteiger partial charge in [0.05, 0.1) is 0 Å². The first-order valence-electron chi connectivity index (χ1n) is 7.21. The highest BCUT2D eigenvalue weighted by molar-refractivity contribution is 5.85. The molecule has 0 bridgehead atoms. The Bertz CT molecular complexity index is 539. The molecule has 0 unspecified atom stereocenters. The molecule has 0 saturated carbocycles. The molecule has 1 aromatic heterocycles. The summed E-state index contributed by atoms with van der Waals surface area (Å²) in [4.78, 5) is 0. The molecule has 0 saturated heterocycles. The molecule has 0 radical (unpaired) electrons. The molecule has 3 rings (SSSR count). The molecule has 0 atom stereocenters. The summed E-state index contributed by atoms with van der Waals surface area (Å²) in [5.41, 5.74) is 4.55. The standard InChI is InChI=1S/C16H22N2/c1-2-3-4-7-14-13-8-5-6-9-15(13)18-11-10-17-12-16(14)18/h5-6,8-9,17H,2-4,7,10-12H2,1H3. The van der Waals surface area contributed by atoms with Gasteiger partial charge in [0.25, 0.3) is 0 Å². The van der Waals surface area contributed by atoms with Crippen LogP contribution in [0.2, 0.25) is 0 Å². The quantitative estimate of drug-likeness (QED) is 0.812. The molecule has 2 aromatic rings. The zero-order chi connectivity index (χ0) is 12.4. The Morgan fingerprint density at radius 2 is 2.11 bits per heavy atom. The molecule has 0 fully saturated rings. The van der Waals surface area contributed by atoms with E-state index in [1.807, 2.05) is 0 Å². The highest BCUT2D eigenvalue weighted by Crippen LogP contribution is 2.29. The number of hydrogen-bond donors (Lipinski definition) is 1. The van der Waals surface area contributed by atoms with Crippen LogP contribution in [0.15, 0.2) is 24.3 Å². The minimum absolute atomic E-state index is 1.04. The van der Waals surface area contributed by atoms with E-state index in [1.54, 1.807) is 5.56 Å². The second-order valence-corrected chi connectivity index (χ2v) is 5.23. The predicted molar refractivity (Wildman–Crippen MR) is 76.9 cm³/mol. The summed E-state index contributed by atoms with van der Waals surface area (Å²) >= 11 is 0. The second-order valence-electron chi connectivity index (χ2n) is 5.23. The number of fused-ring (bicyclic) bond motifs is 3. The van der Waals surface area contributed by atoms with Crippen molar-refractivity contribution in [2.24, 2.45) is 0 Å². The maximum absolute atomic E-state index is 3.51. The molecule has 2 heteroatoms. The van der Waals surface area contributed by atoms with Crippen LogP contribution in [-0.4, -0.2) is 11.1 Å². The SMILES string of the molecule is CCCCCc1c2n(c3ccccc13)CCNC2. The fraction of sp³-hybridized carbons (Fsp3) is 0.500. The lowest BCUT2D eigenvalue weighted by Crippen LogP contribution is -2.28. The lowest BCUT2D eigenvalue weighted by Gasteiger charge is -2.18. The van der Waals surface area contributed by atoms with Gasteiger partial charge in [0, 0.05) is 36.2 Å². The van der Waals surface area contributed by atoms with Gasteiger partial charge in [-0.3, -0.25) is 0 Å². The fourth-order valence-corrected chi connectivity index (χ4v) is 3.11. The Morgan fingerprint density at radius 3 is 3.00 bits per heavy atom. The zero-order valence-corrected chi connectivity index (χ0v) is 11.2. The second kappa shape index (κ2) is 5.15. The molecular formula is C16H22N2. The van der Waals surface area contributed by atoms with Gasteiger partial charge < -0.3 is 9.88 Å². The van der Waals surface area contributed by atoms with Crippen LogP contribution in [0.25, 0.3) is 10.9 Å². The Balaban J connectivity index is 2.04. The van der Waals surface area contributed by atoms with Gasteiger partial charge in [-0.2, -0.15) is 0 Å². The number of nitrogens with zero attached hydrogens (tertiary/aromatic N) is 1. The summed E-state index contributed by atoms with van der Waals surface area (Å²) < 4.78 is 2.52. The highest BCUT2D eigenvalue weighted by atomic mass is 15.1. The first-order chi connectivity index (χ1) is 8.92. The van der Waals surface area contributed by atoms with E-state index in [4.69, 9.17) is 0 Å². The van der Waals surface area contributed by atoms with Gasteiger partial charge in [0.15, 0.2) is 0 Å². The van der Waals surface area contributed by atoms with Gasteiger partial charge in [0.1, 0.15) is 0 Å². The Kier molecular flexibility index (Phi) is 3.37. The van der Waals surface area contributed by atoms with Gasteiger partial charge in [-0.1, -0.05) is 38.0 Å². The number of para-hydroxylation sites is 1. The van der Waals surface area contributed by atoms with Gasteiger partial charge in [-0.15, -0.1) is 0 Å². The van der Waals surface area contributed by atoms with Crippen LogP contribution in [-0.2, 0) is 19.5 Å². The van der Waals surface area contributed by atoms with E-state index in [0.29, 0.717) is 0 Å². The van der Waals surface area contributed by atoms with E-state index in [0.717, 1.165) is 19.6 Å². The average molecular weight is 242 g/mol.